The molecule has 4 nitrogen and oxygen atoms in total. The summed E-state index contributed by atoms with van der Waals surface area (Å²) < 4.78 is 2.19. The Bertz CT molecular complexity index is 1190. The highest BCUT2D eigenvalue weighted by Crippen LogP contribution is 2.26. The van der Waals surface area contributed by atoms with Crippen molar-refractivity contribution in [3.63, 3.8) is 0 Å². The Morgan fingerprint density at radius 1 is 0.903 bits per heavy atom. The summed E-state index contributed by atoms with van der Waals surface area (Å²) in [5, 5.41) is 4.08. The number of aromatic nitrogens is 1. The maximum atomic E-state index is 12.5. The van der Waals surface area contributed by atoms with Crippen molar-refractivity contribution in [1.82, 2.24) is 9.99 Å². The monoisotopic (exact) mass is 407 g/mol. The number of amides is 1. The summed E-state index contributed by atoms with van der Waals surface area (Å²) in [4.78, 5) is 12.5. The minimum absolute atomic E-state index is 0.236. The van der Waals surface area contributed by atoms with Crippen LogP contribution < -0.4 is 5.43 Å². The summed E-state index contributed by atoms with van der Waals surface area (Å²) in [5.41, 5.74) is 9.80. The molecule has 154 valence electrons. The van der Waals surface area contributed by atoms with Crippen LogP contribution in [0.25, 0.3) is 16.9 Å². The Hall–Kier alpha value is -3.92. The van der Waals surface area contributed by atoms with E-state index in [4.69, 9.17) is 0 Å². The quantitative estimate of drug-likeness (QED) is 0.320. The van der Waals surface area contributed by atoms with Crippen LogP contribution in [0.1, 0.15) is 34.1 Å². The van der Waals surface area contributed by atoms with Crippen molar-refractivity contribution >= 4 is 12.1 Å². The van der Waals surface area contributed by atoms with Crippen molar-refractivity contribution < 1.29 is 4.79 Å². The molecule has 0 radical (unpaired) electrons. The summed E-state index contributed by atoms with van der Waals surface area (Å²) in [6.07, 6.45) is 2.65. The predicted octanol–water partition coefficient (Wildman–Crippen LogP) is 5.78. The second-order valence-corrected chi connectivity index (χ2v) is 7.40. The van der Waals surface area contributed by atoms with E-state index in [1.54, 1.807) is 6.21 Å². The van der Waals surface area contributed by atoms with Crippen LogP contribution in [-0.2, 0) is 6.42 Å². The molecular weight excluding hydrogens is 382 g/mol. The fourth-order valence-corrected chi connectivity index (χ4v) is 3.55. The molecule has 4 aromatic rings. The van der Waals surface area contributed by atoms with Gasteiger partial charge in [0.05, 0.1) is 11.9 Å². The normalized spacial score (nSPS) is 11.0. The van der Waals surface area contributed by atoms with Gasteiger partial charge in [0, 0.05) is 16.9 Å². The first-order valence-corrected chi connectivity index (χ1v) is 10.4. The third-order valence-electron chi connectivity index (χ3n) is 5.30. The van der Waals surface area contributed by atoms with Gasteiger partial charge in [0.2, 0.25) is 0 Å². The average molecular weight is 408 g/mol. The molecule has 0 aliphatic carbocycles. The summed E-state index contributed by atoms with van der Waals surface area (Å²) in [5.74, 6) is -0.236. The molecule has 0 spiro atoms. The van der Waals surface area contributed by atoms with Gasteiger partial charge in [-0.05, 0) is 66.4 Å². The van der Waals surface area contributed by atoms with Crippen LogP contribution in [0.15, 0.2) is 96.1 Å². The zero-order valence-electron chi connectivity index (χ0n) is 17.7. The molecule has 4 heteroatoms. The van der Waals surface area contributed by atoms with E-state index in [9.17, 15) is 4.79 Å². The molecule has 0 unspecified atom stereocenters. The third-order valence-corrected chi connectivity index (χ3v) is 5.30. The van der Waals surface area contributed by atoms with Crippen LogP contribution in [0, 0.1) is 6.92 Å². The SMILES string of the molecule is CCc1ccc(/C=N/NC(=O)c2ccc(-n3c(C)ccc3-c3ccccc3)cc2)cc1. The van der Waals surface area contributed by atoms with E-state index < -0.39 is 0 Å². The molecule has 0 atom stereocenters. The van der Waals surface area contributed by atoms with Crippen LogP contribution in [0.3, 0.4) is 0 Å². The lowest BCUT2D eigenvalue weighted by atomic mass is 10.1. The van der Waals surface area contributed by atoms with Crippen LogP contribution in [0.5, 0.6) is 0 Å². The average Bonchev–Trinajstić information content (AvgIpc) is 3.21. The van der Waals surface area contributed by atoms with Gasteiger partial charge in [0.25, 0.3) is 5.91 Å². The van der Waals surface area contributed by atoms with E-state index >= 15 is 0 Å². The van der Waals surface area contributed by atoms with Crippen LogP contribution >= 0.6 is 0 Å². The van der Waals surface area contributed by atoms with E-state index in [1.807, 2.05) is 54.6 Å². The number of hydrogen-bond acceptors (Lipinski definition) is 2. The summed E-state index contributed by atoms with van der Waals surface area (Å²) in [6.45, 7) is 4.20. The van der Waals surface area contributed by atoms with Crippen molar-refractivity contribution in [2.45, 2.75) is 20.3 Å². The van der Waals surface area contributed by atoms with Crippen molar-refractivity contribution in [1.29, 1.82) is 0 Å². The summed E-state index contributed by atoms with van der Waals surface area (Å²) in [7, 11) is 0. The molecule has 0 fully saturated rings. The van der Waals surface area contributed by atoms with Gasteiger partial charge in [0.1, 0.15) is 0 Å². The van der Waals surface area contributed by atoms with Gasteiger partial charge in [-0.25, -0.2) is 5.43 Å². The first-order chi connectivity index (χ1) is 15.2. The molecular formula is C27H25N3O. The topological polar surface area (TPSA) is 46.4 Å². The highest BCUT2D eigenvalue weighted by molar-refractivity contribution is 5.95. The van der Waals surface area contributed by atoms with Gasteiger partial charge in [0.15, 0.2) is 0 Å². The Morgan fingerprint density at radius 2 is 1.61 bits per heavy atom. The highest BCUT2D eigenvalue weighted by atomic mass is 16.2. The fourth-order valence-electron chi connectivity index (χ4n) is 3.55. The number of rotatable bonds is 6. The van der Waals surface area contributed by atoms with Crippen LogP contribution in [-0.4, -0.2) is 16.7 Å². The minimum atomic E-state index is -0.236. The van der Waals surface area contributed by atoms with Gasteiger partial charge in [-0.15, -0.1) is 0 Å². The van der Waals surface area contributed by atoms with Crippen molar-refractivity contribution in [2.75, 3.05) is 0 Å². The van der Waals surface area contributed by atoms with E-state index in [0.29, 0.717) is 5.56 Å². The Morgan fingerprint density at radius 3 is 2.29 bits per heavy atom. The molecule has 0 bridgehead atoms. The van der Waals surface area contributed by atoms with Crippen LogP contribution in [0.4, 0.5) is 0 Å². The summed E-state index contributed by atoms with van der Waals surface area (Å²) in [6, 6.07) is 30.2. The predicted molar refractivity (Wildman–Crippen MR) is 127 cm³/mol. The number of hydrazone groups is 1. The van der Waals surface area contributed by atoms with E-state index in [1.165, 1.54) is 5.56 Å². The molecule has 31 heavy (non-hydrogen) atoms. The van der Waals surface area contributed by atoms with E-state index in [-0.39, 0.29) is 5.91 Å². The molecule has 4 rings (SSSR count). The number of hydrogen-bond donors (Lipinski definition) is 1. The summed E-state index contributed by atoms with van der Waals surface area (Å²) >= 11 is 0. The number of nitrogens with one attached hydrogen (secondary N) is 1. The number of carbonyl (C=O) groups excluding carboxylic acids is 1. The van der Waals surface area contributed by atoms with Crippen molar-refractivity contribution in [3.05, 3.63) is 113 Å². The molecule has 1 amide bonds. The van der Waals surface area contributed by atoms with Crippen LogP contribution in [0.2, 0.25) is 0 Å². The Labute approximate surface area is 182 Å². The van der Waals surface area contributed by atoms with Gasteiger partial charge in [-0.2, -0.15) is 5.10 Å². The molecule has 1 aromatic heterocycles. The zero-order valence-corrected chi connectivity index (χ0v) is 17.7. The Kier molecular flexibility index (Phi) is 6.08. The van der Waals surface area contributed by atoms with Crippen molar-refractivity contribution in [3.8, 4) is 16.9 Å². The maximum absolute atomic E-state index is 12.5. The lowest BCUT2D eigenvalue weighted by Crippen LogP contribution is -2.17. The van der Waals surface area contributed by atoms with Crippen molar-refractivity contribution in [2.24, 2.45) is 5.10 Å². The van der Waals surface area contributed by atoms with Gasteiger partial charge >= 0.3 is 0 Å². The van der Waals surface area contributed by atoms with E-state index in [2.05, 4.69) is 65.3 Å². The third kappa shape index (κ3) is 4.64. The first-order valence-electron chi connectivity index (χ1n) is 10.4. The molecule has 1 N–H and O–H groups in total. The van der Waals surface area contributed by atoms with Gasteiger partial charge < -0.3 is 4.57 Å². The minimum Gasteiger partial charge on any atom is -0.314 e. The fraction of sp³-hybridized carbons (Fsp3) is 0.111. The molecule has 1 heterocycles. The molecule has 0 aliphatic rings. The molecule has 0 saturated heterocycles. The largest absolute Gasteiger partial charge is 0.314 e. The second-order valence-electron chi connectivity index (χ2n) is 7.40. The zero-order chi connectivity index (χ0) is 21.6. The standard InChI is InChI=1S/C27H25N3O/c1-3-21-10-12-22(13-11-21)19-28-29-27(31)24-14-16-25(17-15-24)30-20(2)9-18-26(30)23-7-5-4-6-8-23/h4-19H,3H2,1-2H3,(H,29,31)/b28-19+. The number of nitrogens with zero attached hydrogens (tertiary/aromatic N) is 2. The maximum Gasteiger partial charge on any atom is 0.271 e. The number of benzene rings is 3. The first kappa shape index (κ1) is 20.4. The molecule has 3 aromatic carbocycles. The van der Waals surface area contributed by atoms with Gasteiger partial charge in [-0.3, -0.25) is 4.79 Å². The lowest BCUT2D eigenvalue weighted by Gasteiger charge is -2.12. The number of carbonyl (C=O) groups is 1. The van der Waals surface area contributed by atoms with Gasteiger partial charge in [-0.1, -0.05) is 61.5 Å². The second kappa shape index (κ2) is 9.26. The molecule has 0 saturated carbocycles. The highest BCUT2D eigenvalue weighted by Gasteiger charge is 2.10. The smallest absolute Gasteiger partial charge is 0.271 e. The molecule has 0 aliphatic heterocycles. The number of aryl methyl sites for hydroxylation is 2. The van der Waals surface area contributed by atoms with E-state index in [0.717, 1.165) is 34.6 Å². The Balaban J connectivity index is 1.48. The lowest BCUT2D eigenvalue weighted by molar-refractivity contribution is 0.0955.